The van der Waals surface area contributed by atoms with Crippen molar-refractivity contribution in [3.05, 3.63) is 59.7 Å². The molecule has 34 heavy (non-hydrogen) atoms. The van der Waals surface area contributed by atoms with Gasteiger partial charge in [0.2, 0.25) is 11.8 Å². The molecule has 1 heterocycles. The van der Waals surface area contributed by atoms with Crippen LogP contribution in [0.3, 0.4) is 0 Å². The van der Waals surface area contributed by atoms with Crippen molar-refractivity contribution in [3.63, 3.8) is 0 Å². The Morgan fingerprint density at radius 3 is 2.41 bits per heavy atom. The molecule has 0 atom stereocenters. The lowest BCUT2D eigenvalue weighted by molar-refractivity contribution is -0.133. The highest BCUT2D eigenvalue weighted by Crippen LogP contribution is 2.20. The van der Waals surface area contributed by atoms with Crippen LogP contribution in [0.15, 0.2) is 48.5 Å². The number of nitrogens with one attached hydrogen (secondary N) is 2. The molecule has 1 saturated carbocycles. The van der Waals surface area contributed by atoms with Crippen molar-refractivity contribution in [1.29, 1.82) is 0 Å². The molecule has 0 spiro atoms. The van der Waals surface area contributed by atoms with Crippen LogP contribution in [0.2, 0.25) is 0 Å². The third-order valence-corrected chi connectivity index (χ3v) is 6.20. The van der Waals surface area contributed by atoms with Crippen LogP contribution in [0.1, 0.15) is 35.2 Å². The lowest BCUT2D eigenvalue weighted by atomic mass is 10.1. The molecule has 2 aliphatic rings. The topological polar surface area (TPSA) is 91.0 Å². The molecule has 1 aliphatic heterocycles. The van der Waals surface area contributed by atoms with Gasteiger partial charge in [-0.2, -0.15) is 0 Å². The smallest absolute Gasteiger partial charge is 0.251 e. The Kier molecular flexibility index (Phi) is 7.80. The minimum absolute atomic E-state index is 0.105. The fourth-order valence-corrected chi connectivity index (χ4v) is 4.00. The highest BCUT2D eigenvalue weighted by Gasteiger charge is 2.24. The molecule has 0 bridgehead atoms. The van der Waals surface area contributed by atoms with Crippen molar-refractivity contribution in [3.8, 4) is 5.75 Å². The number of carbonyl (C=O) groups excluding carboxylic acids is 3. The molecule has 8 heteroatoms. The van der Waals surface area contributed by atoms with Crippen molar-refractivity contribution in [2.24, 2.45) is 0 Å². The number of hydrogen-bond acceptors (Lipinski definition) is 5. The summed E-state index contributed by atoms with van der Waals surface area (Å²) in [5.41, 5.74) is 2.27. The third-order valence-electron chi connectivity index (χ3n) is 6.20. The molecule has 3 amide bonds. The minimum atomic E-state index is -0.126. The van der Waals surface area contributed by atoms with E-state index in [0.717, 1.165) is 24.2 Å². The highest BCUT2D eigenvalue weighted by atomic mass is 16.5. The number of amides is 3. The van der Waals surface area contributed by atoms with E-state index in [2.05, 4.69) is 10.6 Å². The van der Waals surface area contributed by atoms with Gasteiger partial charge < -0.3 is 20.3 Å². The van der Waals surface area contributed by atoms with E-state index < -0.39 is 0 Å². The van der Waals surface area contributed by atoms with Crippen molar-refractivity contribution in [2.45, 2.75) is 31.7 Å². The van der Waals surface area contributed by atoms with Gasteiger partial charge in [0.25, 0.3) is 5.91 Å². The molecule has 0 unspecified atom stereocenters. The number of piperazine rings is 1. The molecular formula is C26H32N4O4. The second-order valence-electron chi connectivity index (χ2n) is 8.88. The van der Waals surface area contributed by atoms with Crippen LogP contribution in [0.5, 0.6) is 5.75 Å². The molecule has 2 fully saturated rings. The molecule has 180 valence electrons. The first-order chi connectivity index (χ1) is 16.5. The number of benzene rings is 2. The Labute approximate surface area is 200 Å². The van der Waals surface area contributed by atoms with Gasteiger partial charge in [-0.3, -0.25) is 19.3 Å². The number of aryl methyl sites for hydroxylation is 1. The number of anilines is 1. The summed E-state index contributed by atoms with van der Waals surface area (Å²) in [4.78, 5) is 41.3. The number of rotatable bonds is 9. The summed E-state index contributed by atoms with van der Waals surface area (Å²) < 4.78 is 5.17. The zero-order valence-electron chi connectivity index (χ0n) is 19.6. The average molecular weight is 465 g/mol. The summed E-state index contributed by atoms with van der Waals surface area (Å²) in [5, 5.41) is 5.84. The fourth-order valence-electron chi connectivity index (χ4n) is 4.00. The first-order valence-electron chi connectivity index (χ1n) is 11.8. The fraction of sp³-hybridized carbons (Fsp3) is 0.423. The Balaban J connectivity index is 1.18. The van der Waals surface area contributed by atoms with E-state index in [1.807, 2.05) is 34.1 Å². The van der Waals surface area contributed by atoms with Gasteiger partial charge in [-0.25, -0.2) is 0 Å². The lowest BCUT2D eigenvalue weighted by Gasteiger charge is -2.34. The van der Waals surface area contributed by atoms with E-state index in [0.29, 0.717) is 56.3 Å². The van der Waals surface area contributed by atoms with Gasteiger partial charge in [0.05, 0.1) is 13.7 Å². The maximum atomic E-state index is 12.6. The summed E-state index contributed by atoms with van der Waals surface area (Å²) in [7, 11) is 1.63. The van der Waals surface area contributed by atoms with Crippen LogP contribution in [-0.4, -0.2) is 73.4 Å². The van der Waals surface area contributed by atoms with Crippen LogP contribution in [-0.2, 0) is 16.0 Å². The molecule has 2 aromatic carbocycles. The zero-order chi connectivity index (χ0) is 23.9. The predicted octanol–water partition coefficient (Wildman–Crippen LogP) is 2.30. The van der Waals surface area contributed by atoms with Crippen LogP contribution < -0.4 is 15.4 Å². The van der Waals surface area contributed by atoms with Crippen LogP contribution in [0.4, 0.5) is 5.69 Å². The molecule has 2 aromatic rings. The van der Waals surface area contributed by atoms with Crippen LogP contribution >= 0.6 is 0 Å². The molecule has 0 radical (unpaired) electrons. The number of nitrogens with zero attached hydrogens (tertiary/aromatic N) is 2. The Bertz CT molecular complexity index is 1010. The minimum Gasteiger partial charge on any atom is -0.497 e. The molecule has 4 rings (SSSR count). The Morgan fingerprint density at radius 2 is 1.74 bits per heavy atom. The van der Waals surface area contributed by atoms with Gasteiger partial charge in [-0.05, 0) is 55.2 Å². The SMILES string of the molecule is COc1ccc(CCC(=O)N2CCN(CC(=O)Nc3cccc(C(=O)NC4CC4)c3)CC2)cc1. The van der Waals surface area contributed by atoms with Crippen LogP contribution in [0, 0.1) is 0 Å². The molecule has 0 aromatic heterocycles. The first-order valence-corrected chi connectivity index (χ1v) is 11.8. The maximum absolute atomic E-state index is 12.6. The molecule has 2 N–H and O–H groups in total. The van der Waals surface area contributed by atoms with Crippen molar-refractivity contribution >= 4 is 23.4 Å². The number of methoxy groups -OCH3 is 1. The third kappa shape index (κ3) is 6.81. The normalized spacial score (nSPS) is 16.1. The van der Waals surface area contributed by atoms with Gasteiger partial charge in [0.1, 0.15) is 5.75 Å². The second-order valence-corrected chi connectivity index (χ2v) is 8.88. The summed E-state index contributed by atoms with van der Waals surface area (Å²) >= 11 is 0. The molecular weight excluding hydrogens is 432 g/mol. The maximum Gasteiger partial charge on any atom is 0.251 e. The van der Waals surface area contributed by atoms with Gasteiger partial charge in [-0.15, -0.1) is 0 Å². The van der Waals surface area contributed by atoms with E-state index in [-0.39, 0.29) is 24.3 Å². The van der Waals surface area contributed by atoms with Gasteiger partial charge in [0.15, 0.2) is 0 Å². The van der Waals surface area contributed by atoms with Crippen molar-refractivity contribution < 1.29 is 19.1 Å². The van der Waals surface area contributed by atoms with Crippen LogP contribution in [0.25, 0.3) is 0 Å². The molecule has 1 aliphatic carbocycles. The standard InChI is InChI=1S/C26H32N4O4/c1-34-23-10-5-19(6-11-23)7-12-25(32)30-15-13-29(14-16-30)18-24(31)27-22-4-2-3-20(17-22)26(33)28-21-8-9-21/h2-6,10-11,17,21H,7-9,12-16,18H2,1H3,(H,27,31)(H,28,33). The molecule has 1 saturated heterocycles. The summed E-state index contributed by atoms with van der Waals surface area (Å²) in [6.45, 7) is 2.81. The first kappa shape index (κ1) is 23.8. The van der Waals surface area contributed by atoms with Gasteiger partial charge in [-0.1, -0.05) is 18.2 Å². The summed E-state index contributed by atoms with van der Waals surface area (Å²) in [6, 6.07) is 15.1. The zero-order valence-corrected chi connectivity index (χ0v) is 19.6. The van der Waals surface area contributed by atoms with E-state index in [1.54, 1.807) is 31.4 Å². The molecule has 8 nitrogen and oxygen atoms in total. The Morgan fingerprint density at radius 1 is 1.00 bits per heavy atom. The quantitative estimate of drug-likeness (QED) is 0.594. The monoisotopic (exact) mass is 464 g/mol. The average Bonchev–Trinajstić information content (AvgIpc) is 3.67. The van der Waals surface area contributed by atoms with Crippen molar-refractivity contribution in [2.75, 3.05) is 45.2 Å². The van der Waals surface area contributed by atoms with Crippen molar-refractivity contribution in [1.82, 2.24) is 15.1 Å². The van der Waals surface area contributed by atoms with E-state index in [4.69, 9.17) is 4.74 Å². The summed E-state index contributed by atoms with van der Waals surface area (Å²) in [6.07, 6.45) is 3.23. The summed E-state index contributed by atoms with van der Waals surface area (Å²) in [5.74, 6) is 0.716. The largest absolute Gasteiger partial charge is 0.497 e. The van der Waals surface area contributed by atoms with E-state index in [1.165, 1.54) is 0 Å². The van der Waals surface area contributed by atoms with Gasteiger partial charge >= 0.3 is 0 Å². The lowest BCUT2D eigenvalue weighted by Crippen LogP contribution is -2.50. The number of carbonyl (C=O) groups is 3. The predicted molar refractivity (Wildman–Crippen MR) is 130 cm³/mol. The Hall–Kier alpha value is -3.39. The number of ether oxygens (including phenoxy) is 1. The number of hydrogen-bond donors (Lipinski definition) is 2. The van der Waals surface area contributed by atoms with E-state index >= 15 is 0 Å². The second kappa shape index (κ2) is 11.2. The van der Waals surface area contributed by atoms with Gasteiger partial charge in [0, 0.05) is 49.9 Å². The van der Waals surface area contributed by atoms with E-state index in [9.17, 15) is 14.4 Å². The highest BCUT2D eigenvalue weighted by molar-refractivity contribution is 5.97.